The first-order valence-corrected chi connectivity index (χ1v) is 15.3. The topological polar surface area (TPSA) is 90.5 Å². The van der Waals surface area contributed by atoms with E-state index in [4.69, 9.17) is 0 Å². The Morgan fingerprint density at radius 1 is 0.700 bits per heavy atom. The fraction of sp³-hybridized carbons (Fsp3) is 0.333. The minimum absolute atomic E-state index is 0.0147. The molecule has 210 valence electrons. The number of nitrogens with one attached hydrogen (secondary N) is 2. The summed E-state index contributed by atoms with van der Waals surface area (Å²) in [7, 11) is 11.1. The number of likely N-dealkylation sites (N-methyl/N-ethyl adjacent to an activating group) is 2. The van der Waals surface area contributed by atoms with Crippen molar-refractivity contribution in [1.82, 2.24) is 30.4 Å². The fourth-order valence-corrected chi connectivity index (χ4v) is 6.96. The molecule has 2 unspecified atom stereocenters. The average molecular weight is 577 g/mol. The van der Waals surface area contributed by atoms with Gasteiger partial charge in [-0.05, 0) is 78.4 Å². The largest absolute Gasteiger partial charge is 0.348 e. The van der Waals surface area contributed by atoms with Crippen molar-refractivity contribution in [2.24, 2.45) is 0 Å². The normalized spacial score (nSPS) is 13.1. The molecule has 0 aliphatic heterocycles. The summed E-state index contributed by atoms with van der Waals surface area (Å²) in [5.41, 5.74) is 2.76. The van der Waals surface area contributed by atoms with Crippen molar-refractivity contribution < 1.29 is 9.59 Å². The summed E-state index contributed by atoms with van der Waals surface area (Å²) in [4.78, 5) is 41.4. The molecule has 0 fully saturated rings. The van der Waals surface area contributed by atoms with Crippen molar-refractivity contribution in [3.8, 4) is 0 Å². The van der Waals surface area contributed by atoms with E-state index < -0.39 is 0 Å². The Bertz CT molecular complexity index is 1400. The van der Waals surface area contributed by atoms with E-state index in [1.54, 1.807) is 34.0 Å². The van der Waals surface area contributed by atoms with Gasteiger partial charge in [0.25, 0.3) is 11.8 Å². The predicted molar refractivity (Wildman–Crippen MR) is 166 cm³/mol. The summed E-state index contributed by atoms with van der Waals surface area (Å²) in [5.74, 6) is -0.221. The molecule has 0 radical (unpaired) electrons. The van der Waals surface area contributed by atoms with Crippen LogP contribution in [0.15, 0.2) is 70.7 Å². The van der Waals surface area contributed by atoms with Crippen LogP contribution in [-0.2, 0) is 0 Å². The third kappa shape index (κ3) is 7.31. The van der Waals surface area contributed by atoms with Crippen LogP contribution in [0.3, 0.4) is 0 Å². The second kappa shape index (κ2) is 13.5. The number of rotatable bonds is 11. The summed E-state index contributed by atoms with van der Waals surface area (Å²) >= 11 is 0. The highest BCUT2D eigenvalue weighted by Crippen LogP contribution is 2.43. The molecule has 2 amide bonds. The van der Waals surface area contributed by atoms with Crippen LogP contribution in [0.5, 0.6) is 0 Å². The molecule has 0 bridgehead atoms. The standard InChI is InChI=1S/C30H36N6O2S2/c1-19(17-35(3)4)33-29(37)23-11-13-25(27-21(23)9-7-15-31-27)39-40-26-14-12-24(22-10-8-16-32-28(22)26)30(38)34-20(2)18-36(5)6/h7-16,19-20H,17-18H2,1-6H3,(H,33,37)(H,34,38). The zero-order valence-corrected chi connectivity index (χ0v) is 25.4. The Labute approximate surface area is 243 Å². The van der Waals surface area contributed by atoms with Crippen molar-refractivity contribution in [2.45, 2.75) is 35.7 Å². The van der Waals surface area contributed by atoms with Gasteiger partial charge in [-0.3, -0.25) is 19.6 Å². The van der Waals surface area contributed by atoms with E-state index in [0.29, 0.717) is 11.1 Å². The van der Waals surface area contributed by atoms with Crippen LogP contribution in [0.4, 0.5) is 0 Å². The second-order valence-corrected chi connectivity index (χ2v) is 12.7. The lowest BCUT2D eigenvalue weighted by molar-refractivity contribution is 0.0927. The SMILES string of the molecule is CC(CN(C)C)NC(=O)c1ccc(SSc2ccc(C(=O)NC(C)CN(C)C)c3cccnc23)c2ncccc12. The van der Waals surface area contributed by atoms with E-state index in [9.17, 15) is 9.59 Å². The lowest BCUT2D eigenvalue weighted by atomic mass is 10.1. The van der Waals surface area contributed by atoms with E-state index in [2.05, 4.69) is 20.6 Å². The summed E-state index contributed by atoms with van der Waals surface area (Å²) in [6.45, 7) is 5.50. The molecule has 2 aromatic carbocycles. The number of hydrogen-bond acceptors (Lipinski definition) is 8. The molecule has 0 aliphatic carbocycles. The minimum Gasteiger partial charge on any atom is -0.348 e. The minimum atomic E-state index is -0.111. The lowest BCUT2D eigenvalue weighted by Gasteiger charge is -2.19. The number of pyridine rings is 2. The van der Waals surface area contributed by atoms with Crippen LogP contribution in [0.25, 0.3) is 21.8 Å². The van der Waals surface area contributed by atoms with Crippen LogP contribution < -0.4 is 10.6 Å². The number of hydrogen-bond donors (Lipinski definition) is 2. The molecule has 0 spiro atoms. The van der Waals surface area contributed by atoms with Gasteiger partial charge in [0.1, 0.15) is 0 Å². The molecule has 2 atom stereocenters. The zero-order chi connectivity index (χ0) is 28.8. The summed E-state index contributed by atoms with van der Waals surface area (Å²) in [6, 6.07) is 15.2. The smallest absolute Gasteiger partial charge is 0.252 e. The molecule has 0 saturated carbocycles. The number of benzene rings is 2. The van der Waals surface area contributed by atoms with Gasteiger partial charge in [0.05, 0.1) is 11.0 Å². The average Bonchev–Trinajstić information content (AvgIpc) is 2.90. The zero-order valence-electron chi connectivity index (χ0n) is 23.8. The molecule has 0 aliphatic rings. The second-order valence-electron chi connectivity index (χ2n) is 10.5. The van der Waals surface area contributed by atoms with Crippen molar-refractivity contribution in [2.75, 3.05) is 41.3 Å². The Hall–Kier alpha value is -3.18. The monoisotopic (exact) mass is 576 g/mol. The van der Waals surface area contributed by atoms with E-state index in [0.717, 1.165) is 44.7 Å². The number of carbonyl (C=O) groups excluding carboxylic acids is 2. The van der Waals surface area contributed by atoms with Crippen LogP contribution in [0, 0.1) is 0 Å². The van der Waals surface area contributed by atoms with Crippen molar-refractivity contribution in [3.63, 3.8) is 0 Å². The highest BCUT2D eigenvalue weighted by Gasteiger charge is 2.18. The van der Waals surface area contributed by atoms with Crippen LogP contribution in [0.1, 0.15) is 34.6 Å². The Balaban J connectivity index is 1.57. The van der Waals surface area contributed by atoms with E-state index in [-0.39, 0.29) is 23.9 Å². The van der Waals surface area contributed by atoms with Gasteiger partial charge in [-0.2, -0.15) is 0 Å². The third-order valence-corrected chi connectivity index (χ3v) is 8.64. The molecular weight excluding hydrogens is 541 g/mol. The third-order valence-electron chi connectivity index (χ3n) is 6.21. The number of aromatic nitrogens is 2. The number of fused-ring (bicyclic) bond motifs is 2. The highest BCUT2D eigenvalue weighted by atomic mass is 33.1. The Kier molecular flexibility index (Phi) is 10.0. The van der Waals surface area contributed by atoms with Gasteiger partial charge in [-0.1, -0.05) is 33.7 Å². The molecule has 4 rings (SSSR count). The van der Waals surface area contributed by atoms with Gasteiger partial charge >= 0.3 is 0 Å². The maximum Gasteiger partial charge on any atom is 0.252 e. The molecule has 8 nitrogen and oxygen atoms in total. The first-order chi connectivity index (χ1) is 19.1. The number of amides is 2. The predicted octanol–water partition coefficient (Wildman–Crippen LogP) is 4.94. The Morgan fingerprint density at radius 2 is 1.10 bits per heavy atom. The molecule has 0 saturated heterocycles. The van der Waals surface area contributed by atoms with Gasteiger partial charge in [0.2, 0.25) is 0 Å². The van der Waals surface area contributed by atoms with Crippen molar-refractivity contribution in [1.29, 1.82) is 0 Å². The molecule has 4 aromatic rings. The fourth-order valence-electron chi connectivity index (χ4n) is 4.70. The van der Waals surface area contributed by atoms with Crippen LogP contribution >= 0.6 is 21.6 Å². The first-order valence-electron chi connectivity index (χ1n) is 13.1. The molecular formula is C30H36N6O2S2. The van der Waals surface area contributed by atoms with E-state index in [1.165, 1.54) is 0 Å². The van der Waals surface area contributed by atoms with Gasteiger partial charge in [0, 0.05) is 69.3 Å². The van der Waals surface area contributed by atoms with E-state index in [1.807, 2.05) is 100 Å². The lowest BCUT2D eigenvalue weighted by Crippen LogP contribution is -2.39. The van der Waals surface area contributed by atoms with Crippen molar-refractivity contribution >= 4 is 55.2 Å². The van der Waals surface area contributed by atoms with Crippen LogP contribution in [0.2, 0.25) is 0 Å². The first kappa shape index (κ1) is 29.8. The molecule has 40 heavy (non-hydrogen) atoms. The summed E-state index contributed by atoms with van der Waals surface area (Å²) in [5, 5.41) is 7.80. The molecule has 10 heteroatoms. The van der Waals surface area contributed by atoms with Crippen LogP contribution in [-0.4, -0.2) is 84.9 Å². The van der Waals surface area contributed by atoms with E-state index >= 15 is 0 Å². The van der Waals surface area contributed by atoms with Crippen molar-refractivity contribution in [3.05, 3.63) is 72.1 Å². The maximum atomic E-state index is 13.1. The summed E-state index contributed by atoms with van der Waals surface area (Å²) in [6.07, 6.45) is 3.49. The maximum absolute atomic E-state index is 13.1. The number of carbonyl (C=O) groups is 2. The number of nitrogens with zero attached hydrogens (tertiary/aromatic N) is 4. The van der Waals surface area contributed by atoms with Gasteiger partial charge in [-0.25, -0.2) is 0 Å². The van der Waals surface area contributed by atoms with Gasteiger partial charge in [-0.15, -0.1) is 0 Å². The molecule has 2 N–H and O–H groups in total. The summed E-state index contributed by atoms with van der Waals surface area (Å²) < 4.78 is 0. The Morgan fingerprint density at radius 3 is 1.48 bits per heavy atom. The van der Waals surface area contributed by atoms with Gasteiger partial charge in [0.15, 0.2) is 0 Å². The molecule has 2 heterocycles. The quantitative estimate of drug-likeness (QED) is 0.243. The highest BCUT2D eigenvalue weighted by molar-refractivity contribution is 8.76. The molecule has 2 aromatic heterocycles. The van der Waals surface area contributed by atoms with Gasteiger partial charge < -0.3 is 20.4 Å².